The summed E-state index contributed by atoms with van der Waals surface area (Å²) < 4.78 is 4.62. The van der Waals surface area contributed by atoms with Crippen LogP contribution in [-0.4, -0.2) is 11.9 Å². The molecule has 90 valence electrons. The quantitative estimate of drug-likeness (QED) is 0.451. The third-order valence-electron chi connectivity index (χ3n) is 3.18. The molecule has 1 fully saturated rings. The standard InChI is InChI=1S/C12H19NO3/c1-8(10-6-4-3-5-7-10)11(14)16-12(15)9(2)13/h8,10H,2-7,13H2,1H3. The topological polar surface area (TPSA) is 69.4 Å². The molecule has 1 unspecified atom stereocenters. The Hall–Kier alpha value is -1.32. The van der Waals surface area contributed by atoms with Crippen LogP contribution >= 0.6 is 0 Å². The highest BCUT2D eigenvalue weighted by molar-refractivity contribution is 5.95. The number of hydrogen-bond acceptors (Lipinski definition) is 4. The maximum absolute atomic E-state index is 11.6. The summed E-state index contributed by atoms with van der Waals surface area (Å²) in [6, 6.07) is 0. The molecule has 0 saturated heterocycles. The van der Waals surface area contributed by atoms with Gasteiger partial charge in [-0.1, -0.05) is 32.8 Å². The van der Waals surface area contributed by atoms with Gasteiger partial charge in [0.05, 0.1) is 5.92 Å². The SMILES string of the molecule is C=C(N)C(=O)OC(=O)C(C)C1CCCCC1. The molecule has 0 bridgehead atoms. The van der Waals surface area contributed by atoms with E-state index in [1.807, 2.05) is 6.92 Å². The fraction of sp³-hybridized carbons (Fsp3) is 0.667. The highest BCUT2D eigenvalue weighted by Crippen LogP contribution is 2.30. The van der Waals surface area contributed by atoms with Crippen LogP contribution in [0, 0.1) is 11.8 Å². The van der Waals surface area contributed by atoms with Gasteiger partial charge in [0, 0.05) is 0 Å². The normalized spacial score (nSPS) is 18.8. The molecule has 1 aliphatic rings. The average molecular weight is 225 g/mol. The van der Waals surface area contributed by atoms with Gasteiger partial charge in [-0.05, 0) is 18.8 Å². The largest absolute Gasteiger partial charge is 0.393 e. The fourth-order valence-corrected chi connectivity index (χ4v) is 2.08. The average Bonchev–Trinajstić information content (AvgIpc) is 2.28. The summed E-state index contributed by atoms with van der Waals surface area (Å²) in [5.74, 6) is -1.21. The van der Waals surface area contributed by atoms with Crippen molar-refractivity contribution in [3.05, 3.63) is 12.3 Å². The minimum atomic E-state index is -0.826. The predicted molar refractivity (Wildman–Crippen MR) is 60.2 cm³/mol. The monoisotopic (exact) mass is 225 g/mol. The maximum atomic E-state index is 11.6. The van der Waals surface area contributed by atoms with Crippen LogP contribution in [0.1, 0.15) is 39.0 Å². The first kappa shape index (κ1) is 12.7. The number of rotatable bonds is 3. The summed E-state index contributed by atoms with van der Waals surface area (Å²) in [5, 5.41) is 0. The van der Waals surface area contributed by atoms with E-state index in [1.54, 1.807) is 0 Å². The Labute approximate surface area is 95.8 Å². The molecular formula is C12H19NO3. The van der Waals surface area contributed by atoms with E-state index in [2.05, 4.69) is 11.3 Å². The van der Waals surface area contributed by atoms with E-state index >= 15 is 0 Å². The summed E-state index contributed by atoms with van der Waals surface area (Å²) in [5.41, 5.74) is 4.91. The van der Waals surface area contributed by atoms with E-state index in [9.17, 15) is 9.59 Å². The molecule has 2 N–H and O–H groups in total. The van der Waals surface area contributed by atoms with E-state index in [0.29, 0.717) is 5.92 Å². The Morgan fingerprint density at radius 3 is 2.38 bits per heavy atom. The molecule has 0 aromatic rings. The summed E-state index contributed by atoms with van der Waals surface area (Å²) in [6.45, 7) is 5.04. The van der Waals surface area contributed by atoms with Gasteiger partial charge in [0.2, 0.25) is 0 Å². The lowest BCUT2D eigenvalue weighted by atomic mass is 9.81. The van der Waals surface area contributed by atoms with Gasteiger partial charge in [-0.25, -0.2) is 4.79 Å². The van der Waals surface area contributed by atoms with E-state index in [0.717, 1.165) is 25.7 Å². The maximum Gasteiger partial charge on any atom is 0.361 e. The van der Waals surface area contributed by atoms with Crippen molar-refractivity contribution in [3.8, 4) is 0 Å². The van der Waals surface area contributed by atoms with Gasteiger partial charge < -0.3 is 10.5 Å². The molecule has 1 saturated carbocycles. The lowest BCUT2D eigenvalue weighted by Gasteiger charge is -2.25. The van der Waals surface area contributed by atoms with Crippen LogP contribution in [0.3, 0.4) is 0 Å². The van der Waals surface area contributed by atoms with Crippen molar-refractivity contribution in [1.82, 2.24) is 0 Å². The number of carbonyl (C=O) groups is 2. The summed E-state index contributed by atoms with van der Waals surface area (Å²) in [4.78, 5) is 22.7. The van der Waals surface area contributed by atoms with Crippen LogP contribution in [-0.2, 0) is 14.3 Å². The number of carbonyl (C=O) groups excluding carboxylic acids is 2. The first-order valence-corrected chi connectivity index (χ1v) is 5.72. The molecule has 0 aliphatic heterocycles. The van der Waals surface area contributed by atoms with Crippen LogP contribution in [0.4, 0.5) is 0 Å². The number of esters is 2. The molecule has 0 heterocycles. The van der Waals surface area contributed by atoms with Crippen LogP contribution in [0.2, 0.25) is 0 Å². The fourth-order valence-electron chi connectivity index (χ4n) is 2.08. The van der Waals surface area contributed by atoms with Gasteiger partial charge in [-0.15, -0.1) is 0 Å². The second kappa shape index (κ2) is 5.68. The van der Waals surface area contributed by atoms with Crippen LogP contribution in [0.15, 0.2) is 12.3 Å². The Kier molecular flexibility index (Phi) is 4.52. The Morgan fingerprint density at radius 1 is 1.31 bits per heavy atom. The van der Waals surface area contributed by atoms with Crippen LogP contribution in [0.25, 0.3) is 0 Å². The summed E-state index contributed by atoms with van der Waals surface area (Å²) >= 11 is 0. The predicted octanol–water partition coefficient (Wildman–Crippen LogP) is 1.74. The Morgan fingerprint density at radius 2 is 1.88 bits per heavy atom. The van der Waals surface area contributed by atoms with Crippen molar-refractivity contribution in [1.29, 1.82) is 0 Å². The molecule has 0 spiro atoms. The van der Waals surface area contributed by atoms with Gasteiger partial charge in [0.1, 0.15) is 5.70 Å². The Balaban J connectivity index is 2.46. The summed E-state index contributed by atoms with van der Waals surface area (Å²) in [6.07, 6.45) is 5.61. The van der Waals surface area contributed by atoms with Gasteiger partial charge in [-0.2, -0.15) is 0 Å². The highest BCUT2D eigenvalue weighted by atomic mass is 16.6. The Bertz CT molecular complexity index is 293. The first-order chi connectivity index (χ1) is 7.52. The van der Waals surface area contributed by atoms with E-state index in [4.69, 9.17) is 5.73 Å². The van der Waals surface area contributed by atoms with Crippen molar-refractivity contribution in [2.75, 3.05) is 0 Å². The van der Waals surface area contributed by atoms with Crippen LogP contribution < -0.4 is 5.73 Å². The van der Waals surface area contributed by atoms with E-state index in [1.165, 1.54) is 6.42 Å². The number of nitrogens with two attached hydrogens (primary N) is 1. The number of ether oxygens (including phenoxy) is 1. The smallest absolute Gasteiger partial charge is 0.361 e. The molecule has 1 rings (SSSR count). The minimum Gasteiger partial charge on any atom is -0.393 e. The molecular weight excluding hydrogens is 206 g/mol. The van der Waals surface area contributed by atoms with Gasteiger partial charge in [-0.3, -0.25) is 4.79 Å². The van der Waals surface area contributed by atoms with E-state index < -0.39 is 11.9 Å². The second-order valence-corrected chi connectivity index (χ2v) is 4.42. The molecule has 0 aromatic carbocycles. The van der Waals surface area contributed by atoms with E-state index in [-0.39, 0.29) is 11.6 Å². The van der Waals surface area contributed by atoms with Gasteiger partial charge >= 0.3 is 11.9 Å². The van der Waals surface area contributed by atoms with Crippen molar-refractivity contribution in [2.45, 2.75) is 39.0 Å². The van der Waals surface area contributed by atoms with Crippen molar-refractivity contribution in [2.24, 2.45) is 17.6 Å². The van der Waals surface area contributed by atoms with Crippen LogP contribution in [0.5, 0.6) is 0 Å². The van der Waals surface area contributed by atoms with Gasteiger partial charge in [0.25, 0.3) is 0 Å². The zero-order valence-electron chi connectivity index (χ0n) is 9.70. The molecule has 1 atom stereocenters. The lowest BCUT2D eigenvalue weighted by molar-refractivity contribution is -0.161. The molecule has 4 heteroatoms. The van der Waals surface area contributed by atoms with Crippen molar-refractivity contribution < 1.29 is 14.3 Å². The summed E-state index contributed by atoms with van der Waals surface area (Å²) in [7, 11) is 0. The lowest BCUT2D eigenvalue weighted by Crippen LogP contribution is -2.28. The van der Waals surface area contributed by atoms with Crippen molar-refractivity contribution in [3.63, 3.8) is 0 Å². The third-order valence-corrected chi connectivity index (χ3v) is 3.18. The highest BCUT2D eigenvalue weighted by Gasteiger charge is 2.28. The first-order valence-electron chi connectivity index (χ1n) is 5.72. The zero-order valence-corrected chi connectivity index (χ0v) is 9.70. The van der Waals surface area contributed by atoms with Crippen molar-refractivity contribution >= 4 is 11.9 Å². The second-order valence-electron chi connectivity index (χ2n) is 4.42. The zero-order chi connectivity index (χ0) is 12.1. The molecule has 16 heavy (non-hydrogen) atoms. The molecule has 4 nitrogen and oxygen atoms in total. The molecule has 0 amide bonds. The minimum absolute atomic E-state index is 0.232. The molecule has 0 radical (unpaired) electrons. The molecule has 0 aromatic heterocycles. The number of hydrogen-bond donors (Lipinski definition) is 1. The van der Waals surface area contributed by atoms with Gasteiger partial charge in [0.15, 0.2) is 0 Å². The molecule has 1 aliphatic carbocycles. The third kappa shape index (κ3) is 3.36.